The first-order valence-electron chi connectivity index (χ1n) is 10.3. The van der Waals surface area contributed by atoms with Gasteiger partial charge in [0.25, 0.3) is 0 Å². The lowest BCUT2D eigenvalue weighted by atomic mass is 10.1. The molecule has 0 amide bonds. The van der Waals surface area contributed by atoms with Crippen LogP contribution in [-0.4, -0.2) is 34.5 Å². The van der Waals surface area contributed by atoms with Crippen molar-refractivity contribution in [1.82, 2.24) is 29.3 Å². The van der Waals surface area contributed by atoms with Gasteiger partial charge in [0.1, 0.15) is 0 Å². The Labute approximate surface area is 201 Å². The van der Waals surface area contributed by atoms with Crippen molar-refractivity contribution in [3.8, 4) is 0 Å². The fraction of sp³-hybridized carbons (Fsp3) is 0.238. The summed E-state index contributed by atoms with van der Waals surface area (Å²) in [5.74, 6) is -9.84. The molecule has 2 N–H and O–H groups in total. The number of benzene rings is 1. The second-order valence-corrected chi connectivity index (χ2v) is 7.93. The highest BCUT2D eigenvalue weighted by atomic mass is 32.1. The minimum Gasteiger partial charge on any atom is -0.330 e. The molecule has 0 aliphatic heterocycles. The Morgan fingerprint density at radius 2 is 1.60 bits per heavy atom. The first-order chi connectivity index (χ1) is 16.7. The van der Waals surface area contributed by atoms with Crippen molar-refractivity contribution in [2.75, 3.05) is 10.6 Å². The maximum atomic E-state index is 13.9. The Morgan fingerprint density at radius 3 is 2.26 bits per heavy atom. The summed E-state index contributed by atoms with van der Waals surface area (Å²) in [5, 5.41) is 18.5. The molecule has 184 valence electrons. The zero-order chi connectivity index (χ0) is 25.3. The van der Waals surface area contributed by atoms with E-state index in [2.05, 4.69) is 25.9 Å². The summed E-state index contributed by atoms with van der Waals surface area (Å²) in [4.78, 5) is 0. The number of aromatic nitrogens is 6. The highest BCUT2D eigenvalue weighted by Crippen LogP contribution is 2.24. The lowest BCUT2D eigenvalue weighted by Gasteiger charge is -2.09. The van der Waals surface area contributed by atoms with Gasteiger partial charge in [0.2, 0.25) is 5.82 Å². The smallest absolute Gasteiger partial charge is 0.200 e. The molecule has 0 radical (unpaired) electrons. The summed E-state index contributed by atoms with van der Waals surface area (Å²) >= 11 is 5.24. The van der Waals surface area contributed by atoms with Gasteiger partial charge < -0.3 is 10.6 Å². The monoisotopic (exact) mass is 510 g/mol. The van der Waals surface area contributed by atoms with Gasteiger partial charge in [-0.2, -0.15) is 15.3 Å². The summed E-state index contributed by atoms with van der Waals surface area (Å²) in [6.45, 7) is 4.62. The van der Waals surface area contributed by atoms with Gasteiger partial charge in [0, 0.05) is 36.3 Å². The van der Waals surface area contributed by atoms with Crippen molar-refractivity contribution in [2.24, 2.45) is 0 Å². The van der Waals surface area contributed by atoms with E-state index in [1.807, 2.05) is 18.5 Å². The van der Waals surface area contributed by atoms with Crippen LogP contribution < -0.4 is 10.6 Å². The summed E-state index contributed by atoms with van der Waals surface area (Å²) in [5.41, 5.74) is 1.69. The third kappa shape index (κ3) is 5.01. The largest absolute Gasteiger partial charge is 0.330 e. The van der Waals surface area contributed by atoms with Crippen LogP contribution in [0.1, 0.15) is 23.7 Å². The molecular weight excluding hydrogens is 491 g/mol. The maximum Gasteiger partial charge on any atom is 0.200 e. The van der Waals surface area contributed by atoms with Crippen molar-refractivity contribution in [2.45, 2.75) is 33.5 Å². The number of nitrogens with one attached hydrogen (secondary N) is 2. The highest BCUT2D eigenvalue weighted by molar-refractivity contribution is 7.80. The molecule has 0 aliphatic carbocycles. The molecule has 1 aromatic carbocycles. The van der Waals surface area contributed by atoms with Crippen LogP contribution in [0, 0.1) is 36.0 Å². The molecule has 0 saturated carbocycles. The molecule has 8 nitrogen and oxygen atoms in total. The van der Waals surface area contributed by atoms with Gasteiger partial charge in [-0.3, -0.25) is 14.0 Å². The molecule has 3 heterocycles. The molecule has 0 atom stereocenters. The number of hydrogen-bond acceptors (Lipinski definition) is 4. The lowest BCUT2D eigenvalue weighted by molar-refractivity contribution is 0.367. The van der Waals surface area contributed by atoms with E-state index in [4.69, 9.17) is 12.2 Å². The highest BCUT2D eigenvalue weighted by Gasteiger charge is 2.26. The van der Waals surface area contributed by atoms with Crippen LogP contribution in [0.5, 0.6) is 0 Å². The summed E-state index contributed by atoms with van der Waals surface area (Å²) in [7, 11) is 0. The number of thiocarbonyl (C=S) groups is 1. The minimum absolute atomic E-state index is 0.154. The van der Waals surface area contributed by atoms with E-state index in [1.165, 1.54) is 12.3 Å². The molecule has 4 rings (SSSR count). The Morgan fingerprint density at radius 1 is 0.914 bits per heavy atom. The number of hydrogen-bond donors (Lipinski definition) is 2. The van der Waals surface area contributed by atoms with E-state index in [0.717, 1.165) is 22.5 Å². The predicted molar refractivity (Wildman–Crippen MR) is 121 cm³/mol. The van der Waals surface area contributed by atoms with Crippen LogP contribution >= 0.6 is 12.2 Å². The van der Waals surface area contributed by atoms with Crippen LogP contribution in [0.2, 0.25) is 0 Å². The third-order valence-corrected chi connectivity index (χ3v) is 5.44. The van der Waals surface area contributed by atoms with Gasteiger partial charge in [-0.15, -0.1) is 0 Å². The van der Waals surface area contributed by atoms with E-state index in [-0.39, 0.29) is 10.9 Å². The SMILES string of the molecule is CCn1ncc(Cn2cc(NC(=S)Nc3ccn(Cc4c(F)c(F)c(F)c(F)c4F)n3)cn2)c1C. The fourth-order valence-corrected chi connectivity index (χ4v) is 3.62. The Hall–Kier alpha value is -3.81. The van der Waals surface area contributed by atoms with Gasteiger partial charge >= 0.3 is 0 Å². The molecule has 4 aromatic rings. The van der Waals surface area contributed by atoms with Crippen LogP contribution in [-0.2, 0) is 19.6 Å². The number of rotatable bonds is 7. The number of anilines is 2. The van der Waals surface area contributed by atoms with Gasteiger partial charge in [-0.05, 0) is 26.1 Å². The summed E-state index contributed by atoms with van der Waals surface area (Å²) in [6.07, 6.45) is 6.43. The average Bonchev–Trinajstić information content (AvgIpc) is 3.55. The van der Waals surface area contributed by atoms with Gasteiger partial charge in [0.15, 0.2) is 34.2 Å². The molecule has 0 spiro atoms. The van der Waals surface area contributed by atoms with Crippen LogP contribution in [0.4, 0.5) is 33.5 Å². The topological polar surface area (TPSA) is 77.5 Å². The molecule has 35 heavy (non-hydrogen) atoms. The molecule has 0 aliphatic rings. The van der Waals surface area contributed by atoms with Crippen LogP contribution in [0.15, 0.2) is 30.9 Å². The van der Waals surface area contributed by atoms with E-state index in [9.17, 15) is 22.0 Å². The Balaban J connectivity index is 1.38. The lowest BCUT2D eigenvalue weighted by Crippen LogP contribution is -2.19. The van der Waals surface area contributed by atoms with Crippen molar-refractivity contribution in [3.63, 3.8) is 0 Å². The molecule has 0 unspecified atom stereocenters. The molecule has 0 fully saturated rings. The normalized spacial score (nSPS) is 11.2. The standard InChI is InChI=1S/C21H19F5N8S/c1-3-34-11(2)12(6-28-34)8-33-9-13(7-27-33)29-21(35)30-15-4-5-32(31-15)10-14-16(22)18(24)20(26)19(25)17(14)23/h4-7,9H,3,8,10H2,1-2H3,(H2,29,30,31,35). The van der Waals surface area contributed by atoms with Crippen molar-refractivity contribution in [3.05, 3.63) is 76.8 Å². The second kappa shape index (κ2) is 9.82. The van der Waals surface area contributed by atoms with Gasteiger partial charge in [-0.1, -0.05) is 0 Å². The quantitative estimate of drug-likeness (QED) is 0.168. The van der Waals surface area contributed by atoms with Gasteiger partial charge in [-0.25, -0.2) is 22.0 Å². The van der Waals surface area contributed by atoms with Crippen molar-refractivity contribution >= 4 is 28.8 Å². The predicted octanol–water partition coefficient (Wildman–Crippen LogP) is 4.21. The number of halogens is 5. The van der Waals surface area contributed by atoms with E-state index < -0.39 is 41.2 Å². The fourth-order valence-electron chi connectivity index (χ4n) is 3.39. The zero-order valence-corrected chi connectivity index (χ0v) is 19.3. The molecule has 14 heteroatoms. The number of aryl methyl sites for hydroxylation is 1. The number of nitrogens with zero attached hydrogens (tertiary/aromatic N) is 6. The van der Waals surface area contributed by atoms with Crippen molar-refractivity contribution in [1.29, 1.82) is 0 Å². The molecular formula is C21H19F5N8S. The van der Waals surface area contributed by atoms with E-state index in [0.29, 0.717) is 12.2 Å². The van der Waals surface area contributed by atoms with E-state index in [1.54, 1.807) is 23.3 Å². The van der Waals surface area contributed by atoms with Gasteiger partial charge in [0.05, 0.1) is 36.7 Å². The summed E-state index contributed by atoms with van der Waals surface area (Å²) in [6, 6.07) is 1.43. The maximum absolute atomic E-state index is 13.9. The first kappa shape index (κ1) is 24.3. The van der Waals surface area contributed by atoms with E-state index >= 15 is 0 Å². The zero-order valence-electron chi connectivity index (χ0n) is 18.5. The second-order valence-electron chi connectivity index (χ2n) is 7.52. The van der Waals surface area contributed by atoms with Crippen LogP contribution in [0.3, 0.4) is 0 Å². The molecule has 3 aromatic heterocycles. The molecule has 0 saturated heterocycles. The first-order valence-corrected chi connectivity index (χ1v) is 10.7. The summed E-state index contributed by atoms with van der Waals surface area (Å²) < 4.78 is 72.5. The average molecular weight is 510 g/mol. The minimum atomic E-state index is -2.21. The Bertz CT molecular complexity index is 1360. The third-order valence-electron chi connectivity index (χ3n) is 5.23. The van der Waals surface area contributed by atoms with Crippen molar-refractivity contribution < 1.29 is 22.0 Å². The van der Waals surface area contributed by atoms with Crippen LogP contribution in [0.25, 0.3) is 0 Å². The molecule has 0 bridgehead atoms. The Kier molecular flexibility index (Phi) is 6.82.